The molecule has 0 fully saturated rings. The van der Waals surface area contributed by atoms with Gasteiger partial charge >= 0.3 is 0 Å². The number of aromatic hydroxyl groups is 1. The lowest BCUT2D eigenvalue weighted by molar-refractivity contribution is 0.103. The zero-order valence-corrected chi connectivity index (χ0v) is 18.5. The second-order valence-corrected chi connectivity index (χ2v) is 8.39. The maximum atomic E-state index is 13.7. The van der Waals surface area contributed by atoms with Crippen LogP contribution in [0.1, 0.15) is 15.9 Å². The molecule has 1 heterocycles. The number of ketones is 1. The Balaban J connectivity index is 1.74. The zero-order chi connectivity index (χ0) is 24.1. The van der Waals surface area contributed by atoms with E-state index in [-0.39, 0.29) is 22.5 Å². The van der Waals surface area contributed by atoms with E-state index in [1.807, 2.05) is 36.4 Å². The monoisotopic (exact) mass is 457 g/mol. The van der Waals surface area contributed by atoms with Gasteiger partial charge in [-0.15, -0.1) is 0 Å². The van der Waals surface area contributed by atoms with Gasteiger partial charge in [-0.3, -0.25) is 9.59 Å². The van der Waals surface area contributed by atoms with E-state index in [2.05, 4.69) is 0 Å². The highest BCUT2D eigenvalue weighted by Gasteiger charge is 2.22. The fourth-order valence-electron chi connectivity index (χ4n) is 4.66. The molecule has 0 bridgehead atoms. The third kappa shape index (κ3) is 3.17. The Labute approximate surface area is 199 Å². The zero-order valence-electron chi connectivity index (χ0n) is 18.5. The molecule has 5 aromatic carbocycles. The maximum absolute atomic E-state index is 13.7. The van der Waals surface area contributed by atoms with Crippen molar-refractivity contribution >= 4 is 44.2 Å². The predicted molar refractivity (Wildman–Crippen MR) is 139 cm³/mol. The molecule has 6 rings (SSSR count). The third-order valence-electron chi connectivity index (χ3n) is 6.35. The van der Waals surface area contributed by atoms with Crippen LogP contribution in [0.2, 0.25) is 0 Å². The molecule has 5 heteroatoms. The van der Waals surface area contributed by atoms with E-state index < -0.39 is 0 Å². The van der Waals surface area contributed by atoms with Gasteiger partial charge in [-0.1, -0.05) is 66.7 Å². The molecule has 35 heavy (non-hydrogen) atoms. The van der Waals surface area contributed by atoms with Crippen LogP contribution in [0.15, 0.2) is 106 Å². The quantitative estimate of drug-likeness (QED) is 0.141. The van der Waals surface area contributed by atoms with Gasteiger partial charge in [0.15, 0.2) is 5.78 Å². The number of para-hydroxylation sites is 2. The van der Waals surface area contributed by atoms with E-state index in [0.717, 1.165) is 5.56 Å². The van der Waals surface area contributed by atoms with Gasteiger partial charge in [-0.05, 0) is 41.3 Å². The average Bonchev–Trinajstić information content (AvgIpc) is 2.89. The first kappa shape index (κ1) is 20.7. The van der Waals surface area contributed by atoms with Crippen molar-refractivity contribution in [2.24, 2.45) is 0 Å². The van der Waals surface area contributed by atoms with E-state index in [4.69, 9.17) is 10.2 Å². The van der Waals surface area contributed by atoms with E-state index >= 15 is 0 Å². The molecule has 168 valence electrons. The number of rotatable bonds is 3. The Morgan fingerprint density at radius 2 is 1.49 bits per heavy atom. The number of carbonyl (C=O) groups excluding carboxylic acids is 1. The molecular formula is C30H19NO4. The summed E-state index contributed by atoms with van der Waals surface area (Å²) >= 11 is 0. The molecule has 1 aromatic heterocycles. The molecule has 0 saturated heterocycles. The molecule has 0 aliphatic heterocycles. The number of anilines is 1. The summed E-state index contributed by atoms with van der Waals surface area (Å²) in [6.07, 6.45) is 0. The molecule has 3 N–H and O–H groups in total. The maximum Gasteiger partial charge on any atom is 0.201 e. The van der Waals surface area contributed by atoms with E-state index in [0.29, 0.717) is 49.5 Å². The second kappa shape index (κ2) is 7.85. The minimum absolute atomic E-state index is 0.0961. The van der Waals surface area contributed by atoms with Gasteiger partial charge in [0.05, 0.1) is 22.0 Å². The van der Waals surface area contributed by atoms with Crippen molar-refractivity contribution in [3.63, 3.8) is 0 Å². The van der Waals surface area contributed by atoms with Gasteiger partial charge in [-0.25, -0.2) is 0 Å². The summed E-state index contributed by atoms with van der Waals surface area (Å²) in [7, 11) is 0. The van der Waals surface area contributed by atoms with Crippen LogP contribution in [0.4, 0.5) is 5.69 Å². The number of nitrogen functional groups attached to an aromatic ring is 1. The lowest BCUT2D eigenvalue weighted by atomic mass is 9.91. The number of fused-ring (bicyclic) bond motifs is 4. The molecule has 0 radical (unpaired) electrons. The van der Waals surface area contributed by atoms with Crippen LogP contribution in [-0.2, 0) is 0 Å². The summed E-state index contributed by atoms with van der Waals surface area (Å²) in [4.78, 5) is 26.9. The second-order valence-electron chi connectivity index (χ2n) is 8.39. The molecule has 0 saturated carbocycles. The number of benzene rings is 5. The number of phenols is 1. The lowest BCUT2D eigenvalue weighted by Crippen LogP contribution is -2.07. The van der Waals surface area contributed by atoms with Gasteiger partial charge in [0.1, 0.15) is 16.9 Å². The molecule has 0 aliphatic carbocycles. The standard InChI is InChI=1S/C30H19NO4/c31-27-22-16-18(28(33)20-10-4-6-12-23(20)32)14-15-19(22)26-29(34)21-11-5-7-13-24(21)35-30(26)25(27)17-8-2-1-3-9-17/h1-16,32H,31H2. The van der Waals surface area contributed by atoms with Gasteiger partial charge in [0.2, 0.25) is 5.43 Å². The molecule has 0 aliphatic rings. The fourth-order valence-corrected chi connectivity index (χ4v) is 4.66. The Morgan fingerprint density at radius 3 is 2.29 bits per heavy atom. The van der Waals surface area contributed by atoms with Crippen LogP contribution >= 0.6 is 0 Å². The topological polar surface area (TPSA) is 93.5 Å². The Hall–Kier alpha value is -4.90. The first-order chi connectivity index (χ1) is 17.0. The Bertz CT molecular complexity index is 1850. The lowest BCUT2D eigenvalue weighted by Gasteiger charge is -2.15. The van der Waals surface area contributed by atoms with Crippen molar-refractivity contribution in [1.82, 2.24) is 0 Å². The molecular weight excluding hydrogens is 438 g/mol. The van der Waals surface area contributed by atoms with Crippen LogP contribution < -0.4 is 11.2 Å². The molecule has 0 atom stereocenters. The first-order valence-electron chi connectivity index (χ1n) is 11.1. The van der Waals surface area contributed by atoms with Crippen molar-refractivity contribution < 1.29 is 14.3 Å². The summed E-state index contributed by atoms with van der Waals surface area (Å²) < 4.78 is 6.28. The van der Waals surface area contributed by atoms with E-state index in [1.54, 1.807) is 54.6 Å². The number of phenolic OH excluding ortho intramolecular Hbond substituents is 1. The number of carbonyl (C=O) groups is 1. The van der Waals surface area contributed by atoms with Crippen molar-refractivity contribution in [2.45, 2.75) is 0 Å². The molecule has 5 nitrogen and oxygen atoms in total. The van der Waals surface area contributed by atoms with E-state index in [9.17, 15) is 14.7 Å². The Kier molecular flexibility index (Phi) is 4.64. The highest BCUT2D eigenvalue weighted by molar-refractivity contribution is 6.22. The summed E-state index contributed by atoms with van der Waals surface area (Å²) in [5.41, 5.74) is 9.80. The van der Waals surface area contributed by atoms with Crippen molar-refractivity contribution in [1.29, 1.82) is 0 Å². The molecule has 6 aromatic rings. The predicted octanol–water partition coefficient (Wildman–Crippen LogP) is 6.29. The van der Waals surface area contributed by atoms with Gasteiger partial charge in [-0.2, -0.15) is 0 Å². The van der Waals surface area contributed by atoms with Crippen molar-refractivity contribution in [2.75, 3.05) is 5.73 Å². The van der Waals surface area contributed by atoms with Gasteiger partial charge in [0, 0.05) is 16.5 Å². The molecule has 0 amide bonds. The largest absolute Gasteiger partial charge is 0.507 e. The number of nitrogens with two attached hydrogens (primary N) is 1. The van der Waals surface area contributed by atoms with Crippen molar-refractivity contribution in [3.05, 3.63) is 118 Å². The average molecular weight is 457 g/mol. The van der Waals surface area contributed by atoms with Crippen LogP contribution in [0, 0.1) is 0 Å². The number of hydrogen-bond acceptors (Lipinski definition) is 5. The molecule has 0 spiro atoms. The SMILES string of the molecule is Nc1c(-c2ccccc2)c2oc3ccccc3c(=O)c2c2ccc(C(=O)c3ccccc3O)cc12. The Morgan fingerprint density at radius 1 is 0.771 bits per heavy atom. The summed E-state index contributed by atoms with van der Waals surface area (Å²) in [5.74, 6) is -0.433. The van der Waals surface area contributed by atoms with E-state index in [1.165, 1.54) is 6.07 Å². The van der Waals surface area contributed by atoms with Gasteiger partial charge < -0.3 is 15.3 Å². The van der Waals surface area contributed by atoms with Crippen LogP contribution in [0.3, 0.4) is 0 Å². The summed E-state index contributed by atoms with van der Waals surface area (Å²) in [6.45, 7) is 0. The fraction of sp³-hybridized carbons (Fsp3) is 0. The highest BCUT2D eigenvalue weighted by atomic mass is 16.3. The third-order valence-corrected chi connectivity index (χ3v) is 6.35. The van der Waals surface area contributed by atoms with Crippen LogP contribution in [0.5, 0.6) is 5.75 Å². The first-order valence-corrected chi connectivity index (χ1v) is 11.1. The minimum atomic E-state index is -0.337. The minimum Gasteiger partial charge on any atom is -0.507 e. The summed E-state index contributed by atoms with van der Waals surface area (Å²) in [5, 5.41) is 12.2. The van der Waals surface area contributed by atoms with Crippen LogP contribution in [0.25, 0.3) is 43.8 Å². The number of hydrogen-bond donors (Lipinski definition) is 2. The van der Waals surface area contributed by atoms with Crippen LogP contribution in [-0.4, -0.2) is 10.9 Å². The van der Waals surface area contributed by atoms with Gasteiger partial charge in [0.25, 0.3) is 0 Å². The normalized spacial score (nSPS) is 11.3. The summed E-state index contributed by atoms with van der Waals surface area (Å²) in [6, 6.07) is 28.1. The van der Waals surface area contributed by atoms with Crippen molar-refractivity contribution in [3.8, 4) is 16.9 Å². The molecule has 0 unspecified atom stereocenters. The smallest absolute Gasteiger partial charge is 0.201 e. The highest BCUT2D eigenvalue weighted by Crippen LogP contribution is 2.41.